The molecule has 10 aromatic carbocycles. The summed E-state index contributed by atoms with van der Waals surface area (Å²) < 4.78 is 0. The van der Waals surface area contributed by atoms with E-state index in [2.05, 4.69) is 265 Å². The summed E-state index contributed by atoms with van der Waals surface area (Å²) in [5.74, 6) is 0. The van der Waals surface area contributed by atoms with Crippen LogP contribution in [0.5, 0.6) is 0 Å². The number of rotatable bonds is 6. The van der Waals surface area contributed by atoms with Gasteiger partial charge in [-0.1, -0.05) is 200 Å². The van der Waals surface area contributed by atoms with Crippen LogP contribution < -0.4 is 9.80 Å². The molecule has 0 fully saturated rings. The molecule has 0 saturated carbocycles. The van der Waals surface area contributed by atoms with Gasteiger partial charge in [0.25, 0.3) is 0 Å². The molecule has 0 radical (unpaired) electrons. The first kappa shape index (κ1) is 36.5. The van der Waals surface area contributed by atoms with Gasteiger partial charge >= 0.3 is 0 Å². The maximum Gasteiger partial charge on any atom is 0.0755 e. The molecule has 13 rings (SSSR count). The largest absolute Gasteiger partial charge is 0.310 e. The maximum atomic E-state index is 2.51. The lowest BCUT2D eigenvalue weighted by atomic mass is 9.64. The first-order valence-corrected chi connectivity index (χ1v) is 22.3. The second-order valence-electron chi connectivity index (χ2n) is 17.1. The van der Waals surface area contributed by atoms with Crippen LogP contribution in [0.2, 0.25) is 0 Å². The zero-order chi connectivity index (χ0) is 42.2. The van der Waals surface area contributed by atoms with E-state index in [4.69, 9.17) is 0 Å². The van der Waals surface area contributed by atoms with E-state index in [0.29, 0.717) is 0 Å². The van der Waals surface area contributed by atoms with E-state index in [1.807, 2.05) is 0 Å². The van der Waals surface area contributed by atoms with E-state index < -0.39 is 10.8 Å². The van der Waals surface area contributed by atoms with Gasteiger partial charge in [-0.15, -0.1) is 0 Å². The predicted molar refractivity (Wildman–Crippen MR) is 264 cm³/mol. The molecule has 300 valence electrons. The Morgan fingerprint density at radius 1 is 0.297 bits per heavy atom. The lowest BCUT2D eigenvalue weighted by Gasteiger charge is -2.45. The molecule has 0 aromatic heterocycles. The van der Waals surface area contributed by atoms with Crippen molar-refractivity contribution in [3.05, 3.63) is 299 Å². The minimum absolute atomic E-state index is 0.517. The molecule has 64 heavy (non-hydrogen) atoms. The highest BCUT2D eigenvalue weighted by Crippen LogP contribution is 2.65. The molecule has 1 spiro atoms. The fourth-order valence-corrected chi connectivity index (χ4v) is 11.8. The minimum Gasteiger partial charge on any atom is -0.310 e. The van der Waals surface area contributed by atoms with Crippen molar-refractivity contribution in [1.82, 2.24) is 0 Å². The van der Waals surface area contributed by atoms with Crippen molar-refractivity contribution >= 4 is 34.1 Å². The molecule has 1 heterocycles. The molecule has 0 saturated heterocycles. The van der Waals surface area contributed by atoms with E-state index in [9.17, 15) is 0 Å². The highest BCUT2D eigenvalue weighted by atomic mass is 15.2. The number of nitrogens with zero attached hydrogens (tertiary/aromatic N) is 2. The number of fused-ring (bicyclic) bond motifs is 12. The topological polar surface area (TPSA) is 6.48 Å². The molecular formula is C62H42N2. The van der Waals surface area contributed by atoms with Crippen LogP contribution in [0.25, 0.3) is 22.3 Å². The number of anilines is 6. The Labute approximate surface area is 374 Å². The number of hydrogen-bond donors (Lipinski definition) is 0. The van der Waals surface area contributed by atoms with Gasteiger partial charge in [0.05, 0.1) is 27.9 Å². The first-order valence-electron chi connectivity index (χ1n) is 22.3. The van der Waals surface area contributed by atoms with Crippen molar-refractivity contribution in [2.24, 2.45) is 0 Å². The zero-order valence-corrected chi connectivity index (χ0v) is 35.1. The number of benzene rings is 10. The van der Waals surface area contributed by atoms with Gasteiger partial charge in [-0.05, 0) is 116 Å². The van der Waals surface area contributed by atoms with Gasteiger partial charge in [-0.25, -0.2) is 0 Å². The Balaban J connectivity index is 1.10. The summed E-state index contributed by atoms with van der Waals surface area (Å²) in [5, 5.41) is 0. The summed E-state index contributed by atoms with van der Waals surface area (Å²) in [6.07, 6.45) is 0. The van der Waals surface area contributed by atoms with Crippen molar-refractivity contribution < 1.29 is 0 Å². The van der Waals surface area contributed by atoms with Gasteiger partial charge in [0.1, 0.15) is 0 Å². The molecule has 0 unspecified atom stereocenters. The molecule has 0 amide bonds. The van der Waals surface area contributed by atoms with Gasteiger partial charge < -0.3 is 9.80 Å². The molecular weight excluding hydrogens is 773 g/mol. The van der Waals surface area contributed by atoms with Gasteiger partial charge in [0, 0.05) is 22.6 Å². The van der Waals surface area contributed by atoms with E-state index in [1.54, 1.807) is 0 Å². The molecule has 0 bridgehead atoms. The smallest absolute Gasteiger partial charge is 0.0755 e. The third-order valence-electron chi connectivity index (χ3n) is 14.1. The Morgan fingerprint density at radius 2 is 0.766 bits per heavy atom. The lowest BCUT2D eigenvalue weighted by molar-refractivity contribution is 0.752. The van der Waals surface area contributed by atoms with E-state index in [-0.39, 0.29) is 0 Å². The Hall–Kier alpha value is -8.20. The van der Waals surface area contributed by atoms with Gasteiger partial charge in [-0.2, -0.15) is 0 Å². The monoisotopic (exact) mass is 814 g/mol. The number of hydrogen-bond acceptors (Lipinski definition) is 2. The van der Waals surface area contributed by atoms with E-state index >= 15 is 0 Å². The van der Waals surface area contributed by atoms with Crippen molar-refractivity contribution in [2.45, 2.75) is 10.8 Å². The van der Waals surface area contributed by atoms with Crippen LogP contribution in [0, 0.1) is 0 Å². The van der Waals surface area contributed by atoms with Crippen LogP contribution in [0.1, 0.15) is 44.5 Å². The standard InChI is InChI=1S/C62H42N2/c1-5-22-43(23-6-1)61(44-24-7-2-8-25-44)52-33-16-14-31-50(52)60-55(61)36-21-39-59(60)63(45-26-9-3-10-27-45)47-40-41-49-48-30-13-15-32-51(48)62(56(49)42-47)53-34-17-19-37-57(53)64(46-28-11-4-12-29-46)58-38-20-18-35-54(58)62/h1-42H. The highest BCUT2D eigenvalue weighted by molar-refractivity contribution is 6.00. The minimum atomic E-state index is -0.580. The van der Waals surface area contributed by atoms with Crippen LogP contribution in [0.15, 0.2) is 255 Å². The number of para-hydroxylation sites is 4. The second kappa shape index (κ2) is 14.2. The Morgan fingerprint density at radius 3 is 1.39 bits per heavy atom. The summed E-state index contributed by atoms with van der Waals surface area (Å²) >= 11 is 0. The molecule has 1 aliphatic heterocycles. The zero-order valence-electron chi connectivity index (χ0n) is 35.1. The molecule has 2 heteroatoms. The fraction of sp³-hybridized carbons (Fsp3) is 0.0323. The van der Waals surface area contributed by atoms with E-state index in [0.717, 1.165) is 22.7 Å². The van der Waals surface area contributed by atoms with E-state index in [1.165, 1.54) is 78.1 Å². The van der Waals surface area contributed by atoms with Crippen LogP contribution in [0.3, 0.4) is 0 Å². The van der Waals surface area contributed by atoms with Crippen LogP contribution >= 0.6 is 0 Å². The van der Waals surface area contributed by atoms with Gasteiger partial charge in [0.15, 0.2) is 0 Å². The predicted octanol–water partition coefficient (Wildman–Crippen LogP) is 15.7. The molecule has 0 atom stereocenters. The molecule has 0 N–H and O–H groups in total. The Bertz CT molecular complexity index is 3310. The van der Waals surface area contributed by atoms with Crippen LogP contribution in [-0.2, 0) is 10.8 Å². The molecule has 2 nitrogen and oxygen atoms in total. The van der Waals surface area contributed by atoms with Crippen molar-refractivity contribution in [2.75, 3.05) is 9.80 Å². The normalized spacial score (nSPS) is 14.2. The third-order valence-corrected chi connectivity index (χ3v) is 14.1. The quantitative estimate of drug-likeness (QED) is 0.165. The van der Waals surface area contributed by atoms with Crippen molar-refractivity contribution in [3.63, 3.8) is 0 Å². The van der Waals surface area contributed by atoms with Gasteiger partial charge in [0.2, 0.25) is 0 Å². The molecule has 2 aliphatic carbocycles. The lowest BCUT2D eigenvalue weighted by Crippen LogP contribution is -2.36. The fourth-order valence-electron chi connectivity index (χ4n) is 11.8. The average Bonchev–Trinajstić information content (AvgIpc) is 3.84. The maximum absolute atomic E-state index is 2.51. The average molecular weight is 815 g/mol. The summed E-state index contributed by atoms with van der Waals surface area (Å²) in [5.41, 5.74) is 21.1. The SMILES string of the molecule is c1ccc(N(c2ccc3c(c2)C2(c4ccccc4-3)c3ccccc3N(c3ccccc3)c3ccccc32)c2cccc3c2-c2ccccc2C3(c2ccccc2)c2ccccc2)cc1. The second-order valence-corrected chi connectivity index (χ2v) is 17.1. The van der Waals surface area contributed by atoms with Crippen LogP contribution in [-0.4, -0.2) is 0 Å². The molecule has 10 aromatic rings. The Kier molecular flexibility index (Phi) is 8.07. The van der Waals surface area contributed by atoms with Crippen LogP contribution in [0.4, 0.5) is 34.1 Å². The summed E-state index contributed by atoms with van der Waals surface area (Å²) in [7, 11) is 0. The first-order chi connectivity index (χ1) is 31.8. The summed E-state index contributed by atoms with van der Waals surface area (Å²) in [6, 6.07) is 94.5. The summed E-state index contributed by atoms with van der Waals surface area (Å²) in [6.45, 7) is 0. The van der Waals surface area contributed by atoms with Gasteiger partial charge in [-0.3, -0.25) is 0 Å². The molecule has 3 aliphatic rings. The third kappa shape index (κ3) is 4.91. The highest BCUT2D eigenvalue weighted by Gasteiger charge is 2.52. The van der Waals surface area contributed by atoms with Crippen molar-refractivity contribution in [1.29, 1.82) is 0 Å². The van der Waals surface area contributed by atoms with Crippen molar-refractivity contribution in [3.8, 4) is 22.3 Å². The summed E-state index contributed by atoms with van der Waals surface area (Å²) in [4.78, 5) is 4.96.